The first kappa shape index (κ1) is 75.7. The van der Waals surface area contributed by atoms with Crippen molar-refractivity contribution in [3.8, 4) is 0 Å². The van der Waals surface area contributed by atoms with Crippen LogP contribution in [0.5, 0.6) is 0 Å². The van der Waals surface area contributed by atoms with Crippen molar-refractivity contribution in [3.63, 3.8) is 0 Å². The van der Waals surface area contributed by atoms with E-state index in [4.69, 9.17) is 9.05 Å². The lowest BCUT2D eigenvalue weighted by Gasteiger charge is -2.29. The van der Waals surface area contributed by atoms with Gasteiger partial charge in [-0.3, -0.25) is 9.36 Å². The molecule has 77 heavy (non-hydrogen) atoms. The summed E-state index contributed by atoms with van der Waals surface area (Å²) in [5.74, 6) is -0.204. The standard InChI is InChI=1S/C68H133N2O6P/c1-6-8-10-12-14-16-18-20-22-24-26-28-30-32-34-35-36-38-40-42-44-46-48-50-52-54-56-58-60-62-68(72)69-66(65-76-77(73,74)75-64-63-70(3,4)5)67(71)61-59-57-55-53-51-49-47-45-43-41-39-37-33-31-29-27-25-23-21-19-17-15-13-11-9-7-2/h43,45,51,53,59,61,66-67,71H,6-42,44,46-50,52,54-58,60,62-65H2,1-5H3,(H-,69,72,73,74)/b45-43+,53-51+,61-59+. The number of phosphoric ester groups is 1. The number of hydrogen-bond donors (Lipinski definition) is 2. The Morgan fingerprint density at radius 1 is 0.442 bits per heavy atom. The summed E-state index contributed by atoms with van der Waals surface area (Å²) in [6, 6.07) is -0.909. The van der Waals surface area contributed by atoms with Crippen LogP contribution in [-0.2, 0) is 18.4 Å². The van der Waals surface area contributed by atoms with Crippen LogP contribution >= 0.6 is 7.82 Å². The number of phosphoric acid groups is 1. The number of likely N-dealkylation sites (N-methyl/N-ethyl adjacent to an activating group) is 1. The molecule has 0 heterocycles. The molecule has 2 N–H and O–H groups in total. The second-order valence-corrected chi connectivity index (χ2v) is 25.9. The third-order valence-electron chi connectivity index (χ3n) is 15.6. The van der Waals surface area contributed by atoms with Gasteiger partial charge in [-0.25, -0.2) is 0 Å². The fourth-order valence-electron chi connectivity index (χ4n) is 10.3. The maximum atomic E-state index is 13.0. The zero-order valence-corrected chi connectivity index (χ0v) is 53.1. The molecule has 0 bridgehead atoms. The molecule has 0 spiro atoms. The molecule has 3 atom stereocenters. The fraction of sp³-hybridized carbons (Fsp3) is 0.897. The lowest BCUT2D eigenvalue weighted by Crippen LogP contribution is -2.45. The van der Waals surface area contributed by atoms with Crippen LogP contribution in [0.2, 0.25) is 0 Å². The predicted octanol–water partition coefficient (Wildman–Crippen LogP) is 20.6. The van der Waals surface area contributed by atoms with Crippen molar-refractivity contribution >= 4 is 13.7 Å². The van der Waals surface area contributed by atoms with E-state index in [-0.39, 0.29) is 12.5 Å². The zero-order chi connectivity index (χ0) is 56.3. The highest BCUT2D eigenvalue weighted by Gasteiger charge is 2.23. The van der Waals surface area contributed by atoms with E-state index in [1.807, 2.05) is 27.2 Å². The zero-order valence-electron chi connectivity index (χ0n) is 52.2. The highest BCUT2D eigenvalue weighted by Crippen LogP contribution is 2.38. The number of carbonyl (C=O) groups is 1. The number of amides is 1. The number of carbonyl (C=O) groups excluding carboxylic acids is 1. The number of aliphatic hydroxyl groups is 1. The maximum absolute atomic E-state index is 13.0. The van der Waals surface area contributed by atoms with Crippen molar-refractivity contribution in [3.05, 3.63) is 36.5 Å². The van der Waals surface area contributed by atoms with Crippen molar-refractivity contribution in [2.45, 2.75) is 353 Å². The van der Waals surface area contributed by atoms with Gasteiger partial charge in [0.1, 0.15) is 13.2 Å². The van der Waals surface area contributed by atoms with Crippen molar-refractivity contribution in [1.82, 2.24) is 5.32 Å². The van der Waals surface area contributed by atoms with E-state index in [1.165, 1.54) is 276 Å². The van der Waals surface area contributed by atoms with Crippen LogP contribution in [0.3, 0.4) is 0 Å². The van der Waals surface area contributed by atoms with Gasteiger partial charge in [0.15, 0.2) is 0 Å². The molecule has 0 aromatic rings. The number of allylic oxidation sites excluding steroid dienone is 5. The van der Waals surface area contributed by atoms with Crippen LogP contribution in [0.15, 0.2) is 36.5 Å². The Kier molecular flexibility index (Phi) is 58.4. The first-order valence-corrected chi connectivity index (χ1v) is 35.3. The van der Waals surface area contributed by atoms with Crippen LogP contribution in [0.4, 0.5) is 0 Å². The minimum atomic E-state index is -4.61. The smallest absolute Gasteiger partial charge is 0.268 e. The van der Waals surface area contributed by atoms with E-state index in [2.05, 4.69) is 43.5 Å². The van der Waals surface area contributed by atoms with Gasteiger partial charge in [-0.1, -0.05) is 326 Å². The summed E-state index contributed by atoms with van der Waals surface area (Å²) < 4.78 is 23.4. The molecule has 0 saturated heterocycles. The molecular formula is C68H133N2O6P. The van der Waals surface area contributed by atoms with Gasteiger partial charge >= 0.3 is 0 Å². The van der Waals surface area contributed by atoms with Crippen LogP contribution in [0.1, 0.15) is 341 Å². The Hall–Kier alpha value is -1.28. The predicted molar refractivity (Wildman–Crippen MR) is 335 cm³/mol. The van der Waals surface area contributed by atoms with Crippen molar-refractivity contribution < 1.29 is 32.9 Å². The number of aliphatic hydroxyl groups excluding tert-OH is 1. The van der Waals surface area contributed by atoms with E-state index in [9.17, 15) is 19.4 Å². The number of rotatable bonds is 63. The molecule has 0 aromatic carbocycles. The number of hydrogen-bond acceptors (Lipinski definition) is 6. The Labute approximate surface area is 480 Å². The van der Waals surface area contributed by atoms with E-state index < -0.39 is 26.6 Å². The molecule has 0 aliphatic heterocycles. The minimum absolute atomic E-state index is 0.00712. The molecule has 0 saturated carbocycles. The molecule has 456 valence electrons. The van der Waals surface area contributed by atoms with Gasteiger partial charge < -0.3 is 28.8 Å². The molecular weight excluding hydrogens is 972 g/mol. The van der Waals surface area contributed by atoms with Gasteiger partial charge in [0.05, 0.1) is 39.9 Å². The van der Waals surface area contributed by atoms with Crippen LogP contribution in [-0.4, -0.2) is 68.5 Å². The van der Waals surface area contributed by atoms with E-state index in [0.29, 0.717) is 17.4 Å². The topological polar surface area (TPSA) is 108 Å². The summed E-state index contributed by atoms with van der Waals surface area (Å²) in [6.45, 7) is 4.68. The molecule has 0 aliphatic carbocycles. The van der Waals surface area contributed by atoms with Crippen molar-refractivity contribution in [2.24, 2.45) is 0 Å². The molecule has 0 aliphatic rings. The van der Waals surface area contributed by atoms with Gasteiger partial charge in [-0.05, 0) is 44.9 Å². The molecule has 0 aromatic heterocycles. The first-order chi connectivity index (χ1) is 37.5. The monoisotopic (exact) mass is 1100 g/mol. The summed E-state index contributed by atoms with van der Waals surface area (Å²) in [5, 5.41) is 13.9. The second-order valence-electron chi connectivity index (χ2n) is 24.5. The lowest BCUT2D eigenvalue weighted by molar-refractivity contribution is -0.870. The first-order valence-electron chi connectivity index (χ1n) is 33.9. The van der Waals surface area contributed by atoms with Gasteiger partial charge in [0.2, 0.25) is 5.91 Å². The largest absolute Gasteiger partial charge is 0.756 e. The molecule has 1 amide bonds. The number of nitrogens with one attached hydrogen (secondary N) is 1. The Morgan fingerprint density at radius 2 is 0.727 bits per heavy atom. The van der Waals surface area contributed by atoms with Gasteiger partial charge in [-0.15, -0.1) is 0 Å². The molecule has 3 unspecified atom stereocenters. The minimum Gasteiger partial charge on any atom is -0.756 e. The van der Waals surface area contributed by atoms with Gasteiger partial charge in [-0.2, -0.15) is 0 Å². The number of quaternary nitrogens is 1. The highest BCUT2D eigenvalue weighted by atomic mass is 31.2. The molecule has 9 heteroatoms. The van der Waals surface area contributed by atoms with Gasteiger partial charge in [0, 0.05) is 6.42 Å². The molecule has 8 nitrogen and oxygen atoms in total. The van der Waals surface area contributed by atoms with Crippen LogP contribution < -0.4 is 10.2 Å². The lowest BCUT2D eigenvalue weighted by atomic mass is 10.0. The highest BCUT2D eigenvalue weighted by molar-refractivity contribution is 7.45. The van der Waals surface area contributed by atoms with E-state index in [1.54, 1.807) is 6.08 Å². The Balaban J connectivity index is 4.12. The number of unbranched alkanes of at least 4 members (excludes halogenated alkanes) is 46. The molecule has 0 radical (unpaired) electrons. The quantitative estimate of drug-likeness (QED) is 0.0272. The normalized spacial score (nSPS) is 13.9. The summed E-state index contributed by atoms with van der Waals surface area (Å²) in [5.41, 5.74) is 0. The Morgan fingerprint density at radius 3 is 1.05 bits per heavy atom. The Bertz CT molecular complexity index is 1350. The average Bonchev–Trinajstić information content (AvgIpc) is 3.39. The summed E-state index contributed by atoms with van der Waals surface area (Å²) >= 11 is 0. The third-order valence-corrected chi connectivity index (χ3v) is 16.5. The fourth-order valence-corrected chi connectivity index (χ4v) is 11.0. The second kappa shape index (κ2) is 59.3. The van der Waals surface area contributed by atoms with Crippen LogP contribution in [0, 0.1) is 0 Å². The van der Waals surface area contributed by atoms with E-state index in [0.717, 1.165) is 44.9 Å². The van der Waals surface area contributed by atoms with Gasteiger partial charge in [0.25, 0.3) is 7.82 Å². The average molecular weight is 1110 g/mol. The summed E-state index contributed by atoms with van der Waals surface area (Å²) in [7, 11) is 1.25. The summed E-state index contributed by atoms with van der Waals surface area (Å²) in [4.78, 5) is 25.6. The molecule has 0 rings (SSSR count). The SMILES string of the molecule is CCCCCCCCCCCCCCCCCC/C=C/CC/C=C/CC/C=C/C(O)C(COP(=O)([O-])OCC[N+](C)(C)C)NC(=O)CCCCCCCCCCCCCCCCCCCCCCCCCCCCCCC. The number of nitrogens with zero attached hydrogens (tertiary/aromatic N) is 1. The van der Waals surface area contributed by atoms with E-state index >= 15 is 0 Å². The van der Waals surface area contributed by atoms with Crippen molar-refractivity contribution in [2.75, 3.05) is 40.9 Å². The molecule has 0 fully saturated rings. The maximum Gasteiger partial charge on any atom is 0.268 e. The third kappa shape index (κ3) is 62.2. The summed E-state index contributed by atoms with van der Waals surface area (Å²) in [6.07, 6.45) is 78.4. The van der Waals surface area contributed by atoms with Crippen molar-refractivity contribution in [1.29, 1.82) is 0 Å². The van der Waals surface area contributed by atoms with Crippen LogP contribution in [0.25, 0.3) is 0 Å².